The van der Waals surface area contributed by atoms with Gasteiger partial charge in [-0.15, -0.1) is 0 Å². The standard InChI is InChI=1S/C13H26N2O4S/c1-14-7-3-5-13(16)15(8-4-9-19-2)12-6-10-20(17,18)11-12/h12,14H,3-11H2,1-2H3. The number of nitrogens with zero attached hydrogens (tertiary/aromatic N) is 1. The van der Waals surface area contributed by atoms with Crippen LogP contribution in [-0.2, 0) is 19.4 Å². The molecular formula is C13H26N2O4S. The average Bonchev–Trinajstić information content (AvgIpc) is 2.75. The van der Waals surface area contributed by atoms with E-state index in [1.807, 2.05) is 7.05 Å². The molecule has 0 radical (unpaired) electrons. The molecule has 1 rings (SSSR count). The van der Waals surface area contributed by atoms with Crippen molar-refractivity contribution in [3.8, 4) is 0 Å². The molecule has 1 fully saturated rings. The minimum atomic E-state index is -2.97. The fraction of sp³-hybridized carbons (Fsp3) is 0.923. The van der Waals surface area contributed by atoms with Crippen molar-refractivity contribution in [1.29, 1.82) is 0 Å². The summed E-state index contributed by atoms with van der Waals surface area (Å²) in [5.41, 5.74) is 0. The summed E-state index contributed by atoms with van der Waals surface area (Å²) in [5.74, 6) is 0.360. The zero-order chi connectivity index (χ0) is 15.0. The predicted molar refractivity (Wildman–Crippen MR) is 78.4 cm³/mol. The Hall–Kier alpha value is -0.660. The minimum absolute atomic E-state index is 0.0541. The third kappa shape index (κ3) is 5.76. The summed E-state index contributed by atoms with van der Waals surface area (Å²) < 4.78 is 28.2. The number of carbonyl (C=O) groups is 1. The van der Waals surface area contributed by atoms with Gasteiger partial charge in [-0.3, -0.25) is 4.79 Å². The molecule has 0 aromatic rings. The van der Waals surface area contributed by atoms with Crippen LogP contribution in [0.4, 0.5) is 0 Å². The fourth-order valence-electron chi connectivity index (χ4n) is 2.47. The molecule has 0 aromatic carbocycles. The van der Waals surface area contributed by atoms with Crippen LogP contribution in [0.3, 0.4) is 0 Å². The van der Waals surface area contributed by atoms with Crippen LogP contribution in [0.2, 0.25) is 0 Å². The third-order valence-electron chi connectivity index (χ3n) is 3.53. The van der Waals surface area contributed by atoms with Gasteiger partial charge >= 0.3 is 0 Å². The van der Waals surface area contributed by atoms with Crippen LogP contribution >= 0.6 is 0 Å². The summed E-state index contributed by atoms with van der Waals surface area (Å²) in [6, 6.07) is -0.154. The Kier molecular flexibility index (Phi) is 7.47. The molecule has 0 aromatic heterocycles. The van der Waals surface area contributed by atoms with Crippen molar-refractivity contribution in [2.45, 2.75) is 31.7 Å². The summed E-state index contributed by atoms with van der Waals surface area (Å²) in [4.78, 5) is 14.0. The van der Waals surface area contributed by atoms with Crippen molar-refractivity contribution in [1.82, 2.24) is 10.2 Å². The summed E-state index contributed by atoms with van der Waals surface area (Å²) in [6.45, 7) is 1.95. The minimum Gasteiger partial charge on any atom is -0.385 e. The van der Waals surface area contributed by atoms with Gasteiger partial charge in [0.25, 0.3) is 0 Å². The van der Waals surface area contributed by atoms with Crippen molar-refractivity contribution in [3.05, 3.63) is 0 Å². The van der Waals surface area contributed by atoms with Gasteiger partial charge in [0.05, 0.1) is 11.5 Å². The fourth-order valence-corrected chi connectivity index (χ4v) is 4.20. The molecule has 118 valence electrons. The van der Waals surface area contributed by atoms with E-state index in [0.717, 1.165) is 19.4 Å². The molecule has 6 nitrogen and oxygen atoms in total. The van der Waals surface area contributed by atoms with E-state index < -0.39 is 9.84 Å². The number of ether oxygens (including phenoxy) is 1. The summed E-state index contributed by atoms with van der Waals surface area (Å²) >= 11 is 0. The Morgan fingerprint density at radius 1 is 1.40 bits per heavy atom. The van der Waals surface area contributed by atoms with Crippen LogP contribution in [0.25, 0.3) is 0 Å². The predicted octanol–water partition coefficient (Wildman–Crippen LogP) is 0.0382. The Bertz CT molecular complexity index is 397. The maximum absolute atomic E-state index is 12.3. The van der Waals surface area contributed by atoms with Crippen LogP contribution < -0.4 is 5.32 Å². The van der Waals surface area contributed by atoms with E-state index in [0.29, 0.717) is 26.0 Å². The van der Waals surface area contributed by atoms with Gasteiger partial charge in [0.1, 0.15) is 0 Å². The molecule has 1 saturated heterocycles. The lowest BCUT2D eigenvalue weighted by atomic mass is 10.1. The van der Waals surface area contributed by atoms with E-state index in [2.05, 4.69) is 5.32 Å². The van der Waals surface area contributed by atoms with Gasteiger partial charge in [-0.1, -0.05) is 0 Å². The highest BCUT2D eigenvalue weighted by atomic mass is 32.2. The van der Waals surface area contributed by atoms with E-state index >= 15 is 0 Å². The normalized spacial score (nSPS) is 21.0. The van der Waals surface area contributed by atoms with Crippen molar-refractivity contribution in [3.63, 3.8) is 0 Å². The summed E-state index contributed by atoms with van der Waals surface area (Å²) in [6.07, 6.45) is 2.54. The first-order valence-electron chi connectivity index (χ1n) is 7.13. The van der Waals surface area contributed by atoms with E-state index in [9.17, 15) is 13.2 Å². The largest absolute Gasteiger partial charge is 0.385 e. The monoisotopic (exact) mass is 306 g/mol. The van der Waals surface area contributed by atoms with Crippen LogP contribution in [0.15, 0.2) is 0 Å². The second-order valence-electron chi connectivity index (χ2n) is 5.20. The smallest absolute Gasteiger partial charge is 0.222 e. The van der Waals surface area contributed by atoms with Gasteiger partial charge in [-0.05, 0) is 32.9 Å². The number of amides is 1. The molecule has 0 bridgehead atoms. The highest BCUT2D eigenvalue weighted by Crippen LogP contribution is 2.19. The molecule has 20 heavy (non-hydrogen) atoms. The highest BCUT2D eigenvalue weighted by molar-refractivity contribution is 7.91. The number of nitrogens with one attached hydrogen (secondary N) is 1. The maximum Gasteiger partial charge on any atom is 0.222 e. The van der Waals surface area contributed by atoms with Gasteiger partial charge in [0.2, 0.25) is 5.91 Å². The second-order valence-corrected chi connectivity index (χ2v) is 7.43. The van der Waals surface area contributed by atoms with Gasteiger partial charge in [-0.2, -0.15) is 0 Å². The second kappa shape index (κ2) is 8.59. The molecule has 1 N–H and O–H groups in total. The van der Waals surface area contributed by atoms with E-state index in [4.69, 9.17) is 4.74 Å². The lowest BCUT2D eigenvalue weighted by Crippen LogP contribution is -2.42. The van der Waals surface area contributed by atoms with Gasteiger partial charge < -0.3 is 15.0 Å². The Balaban J connectivity index is 2.57. The van der Waals surface area contributed by atoms with Crippen LogP contribution in [0.1, 0.15) is 25.7 Å². The zero-order valence-corrected chi connectivity index (χ0v) is 13.2. The Labute approximate surface area is 121 Å². The number of hydrogen-bond acceptors (Lipinski definition) is 5. The Morgan fingerprint density at radius 3 is 2.70 bits per heavy atom. The van der Waals surface area contributed by atoms with Crippen molar-refractivity contribution in [2.24, 2.45) is 0 Å². The van der Waals surface area contributed by atoms with Crippen molar-refractivity contribution >= 4 is 15.7 Å². The molecule has 1 unspecified atom stereocenters. The highest BCUT2D eigenvalue weighted by Gasteiger charge is 2.34. The molecule has 1 atom stereocenters. The van der Waals surface area contributed by atoms with Crippen LogP contribution in [-0.4, -0.2) is 70.6 Å². The summed E-state index contributed by atoms with van der Waals surface area (Å²) in [7, 11) is 0.508. The molecule has 1 aliphatic rings. The number of methoxy groups -OCH3 is 1. The molecule has 0 aliphatic carbocycles. The quantitative estimate of drug-likeness (QED) is 0.609. The van der Waals surface area contributed by atoms with Gasteiger partial charge in [0, 0.05) is 32.7 Å². The number of rotatable bonds is 9. The van der Waals surface area contributed by atoms with Crippen LogP contribution in [0.5, 0.6) is 0 Å². The molecule has 7 heteroatoms. The van der Waals surface area contributed by atoms with Crippen LogP contribution in [0, 0.1) is 0 Å². The first kappa shape index (κ1) is 17.4. The Morgan fingerprint density at radius 2 is 2.15 bits per heavy atom. The lowest BCUT2D eigenvalue weighted by molar-refractivity contribution is -0.133. The SMILES string of the molecule is CNCCCC(=O)N(CCCOC)C1CCS(=O)(=O)C1. The number of hydrogen-bond donors (Lipinski definition) is 1. The molecular weight excluding hydrogens is 280 g/mol. The number of carbonyl (C=O) groups excluding carboxylic acids is 1. The molecule has 1 amide bonds. The average molecular weight is 306 g/mol. The van der Waals surface area contributed by atoms with Gasteiger partial charge in [-0.25, -0.2) is 8.42 Å². The van der Waals surface area contributed by atoms with E-state index in [1.54, 1.807) is 12.0 Å². The molecule has 0 saturated carbocycles. The first-order chi connectivity index (χ1) is 9.50. The molecule has 1 heterocycles. The lowest BCUT2D eigenvalue weighted by Gasteiger charge is -2.28. The third-order valence-corrected chi connectivity index (χ3v) is 5.28. The van der Waals surface area contributed by atoms with Crippen molar-refractivity contribution < 1.29 is 17.9 Å². The zero-order valence-electron chi connectivity index (χ0n) is 12.4. The summed E-state index contributed by atoms with van der Waals surface area (Å²) in [5, 5.41) is 3.01. The van der Waals surface area contributed by atoms with E-state index in [1.165, 1.54) is 0 Å². The maximum atomic E-state index is 12.3. The topological polar surface area (TPSA) is 75.7 Å². The van der Waals surface area contributed by atoms with E-state index in [-0.39, 0.29) is 23.5 Å². The molecule has 1 aliphatic heterocycles. The molecule has 0 spiro atoms. The van der Waals surface area contributed by atoms with Crippen molar-refractivity contribution in [2.75, 3.05) is 45.4 Å². The number of sulfone groups is 1. The van der Waals surface area contributed by atoms with Gasteiger partial charge in [0.15, 0.2) is 9.84 Å². The first-order valence-corrected chi connectivity index (χ1v) is 8.95.